The fourth-order valence-electron chi connectivity index (χ4n) is 7.24. The van der Waals surface area contributed by atoms with Crippen molar-refractivity contribution in [3.63, 3.8) is 0 Å². The lowest BCUT2D eigenvalue weighted by molar-refractivity contribution is -0.136. The first-order valence-corrected chi connectivity index (χ1v) is 18.4. The van der Waals surface area contributed by atoms with Gasteiger partial charge in [-0.2, -0.15) is 5.10 Å². The molecular formula is C37H33Cl2FN8O7. The van der Waals surface area contributed by atoms with Gasteiger partial charge in [0.25, 0.3) is 17.7 Å². The Morgan fingerprint density at radius 3 is 2.65 bits per heavy atom. The van der Waals surface area contributed by atoms with Crippen molar-refractivity contribution in [3.8, 4) is 22.6 Å². The Morgan fingerprint density at radius 1 is 1.04 bits per heavy atom. The van der Waals surface area contributed by atoms with Gasteiger partial charge in [0, 0.05) is 56.1 Å². The van der Waals surface area contributed by atoms with Crippen LogP contribution in [0.2, 0.25) is 10.0 Å². The summed E-state index contributed by atoms with van der Waals surface area (Å²) in [7, 11) is 0. The van der Waals surface area contributed by atoms with Crippen LogP contribution in [0.4, 0.5) is 10.2 Å². The quantitative estimate of drug-likeness (QED) is 0.156. The van der Waals surface area contributed by atoms with E-state index in [1.807, 2.05) is 16.9 Å². The summed E-state index contributed by atoms with van der Waals surface area (Å²) in [5.74, 6) is -2.48. The van der Waals surface area contributed by atoms with Crippen LogP contribution in [0.15, 0.2) is 55.0 Å². The summed E-state index contributed by atoms with van der Waals surface area (Å²) in [6.07, 6.45) is 6.42. The maximum atomic E-state index is 14.1. The lowest BCUT2D eigenvalue weighted by atomic mass is 10.0. The standard InChI is InChI=1S/C37H33Cl2FN8O7/c38-23-4-5-24(40)32(39)31(23)35-45-33-27(55-35)14-19(15-42-33)20-16-43-47(17-20)21-8-11-46(12-9-21)13-10-41-29(50)18-54-26-3-1-2-22-30(26)37(53)48(36(22)52)25-6-7-28(49)44-34(25)51/h1-5,14-17,21,25,35H,6-13,18H2,(H,41,50)(H,42,45)(H,44,49,51)/t25?,35-/m0/s1. The summed E-state index contributed by atoms with van der Waals surface area (Å²) >= 11 is 12.5. The Bertz CT molecular complexity index is 2240. The minimum absolute atomic E-state index is 0.0110. The van der Waals surface area contributed by atoms with Crippen LogP contribution >= 0.6 is 23.2 Å². The van der Waals surface area contributed by atoms with Gasteiger partial charge in [-0.1, -0.05) is 29.3 Å². The van der Waals surface area contributed by atoms with E-state index in [1.165, 1.54) is 30.3 Å². The maximum Gasteiger partial charge on any atom is 0.266 e. The Kier molecular flexibility index (Phi) is 9.88. The first-order valence-electron chi connectivity index (χ1n) is 17.6. The van der Waals surface area contributed by atoms with Gasteiger partial charge in [0.1, 0.15) is 17.6 Å². The van der Waals surface area contributed by atoms with Crippen molar-refractivity contribution < 1.29 is 37.8 Å². The molecule has 2 aromatic heterocycles. The number of pyridine rings is 1. The van der Waals surface area contributed by atoms with E-state index in [9.17, 15) is 28.4 Å². The maximum absolute atomic E-state index is 14.1. The Morgan fingerprint density at radius 2 is 1.85 bits per heavy atom. The third kappa shape index (κ3) is 7.08. The second-order valence-corrected chi connectivity index (χ2v) is 14.3. The highest BCUT2D eigenvalue weighted by Gasteiger charge is 2.46. The van der Waals surface area contributed by atoms with Gasteiger partial charge in [0.05, 0.1) is 39.0 Å². The highest BCUT2D eigenvalue weighted by atomic mass is 35.5. The van der Waals surface area contributed by atoms with Crippen molar-refractivity contribution in [1.29, 1.82) is 0 Å². The molecule has 55 heavy (non-hydrogen) atoms. The number of imide groups is 2. The lowest BCUT2D eigenvalue weighted by Gasteiger charge is -2.32. The first-order chi connectivity index (χ1) is 26.5. The predicted octanol–water partition coefficient (Wildman–Crippen LogP) is 4.13. The van der Waals surface area contributed by atoms with E-state index in [-0.39, 0.29) is 52.4 Å². The monoisotopic (exact) mass is 790 g/mol. The number of amides is 5. The zero-order valence-electron chi connectivity index (χ0n) is 29.0. The van der Waals surface area contributed by atoms with Crippen molar-refractivity contribution in [2.24, 2.45) is 0 Å². The zero-order valence-corrected chi connectivity index (χ0v) is 30.5. The predicted molar refractivity (Wildman–Crippen MR) is 195 cm³/mol. The Balaban J connectivity index is 0.794. The number of anilines is 1. The van der Waals surface area contributed by atoms with E-state index in [1.54, 1.807) is 12.4 Å². The molecule has 2 saturated heterocycles. The minimum Gasteiger partial charge on any atom is -0.483 e. The van der Waals surface area contributed by atoms with Crippen molar-refractivity contribution in [3.05, 3.63) is 87.5 Å². The van der Waals surface area contributed by atoms with Crippen LogP contribution in [0.3, 0.4) is 0 Å². The summed E-state index contributed by atoms with van der Waals surface area (Å²) in [5.41, 5.74) is 2.01. The molecule has 2 fully saturated rings. The number of nitrogens with zero attached hydrogens (tertiary/aromatic N) is 5. The van der Waals surface area contributed by atoms with Gasteiger partial charge in [-0.3, -0.25) is 38.9 Å². The number of carbonyl (C=O) groups is 5. The molecule has 8 rings (SSSR count). The van der Waals surface area contributed by atoms with E-state index >= 15 is 0 Å². The third-order valence-electron chi connectivity index (χ3n) is 10.1. The number of hydrogen-bond donors (Lipinski definition) is 3. The molecule has 0 aliphatic carbocycles. The summed E-state index contributed by atoms with van der Waals surface area (Å²) in [4.78, 5) is 70.5. The number of aromatic nitrogens is 3. The Hall–Kier alpha value is -5.58. The molecule has 1 unspecified atom stereocenters. The lowest BCUT2D eigenvalue weighted by Crippen LogP contribution is -2.54. The topological polar surface area (TPSA) is 177 Å². The molecule has 4 aliphatic heterocycles. The average Bonchev–Trinajstić information content (AvgIpc) is 3.90. The minimum atomic E-state index is -1.10. The number of carbonyl (C=O) groups excluding carboxylic acids is 5. The van der Waals surface area contributed by atoms with Crippen molar-refractivity contribution in [1.82, 2.24) is 35.2 Å². The fourth-order valence-corrected chi connectivity index (χ4v) is 7.81. The number of likely N-dealkylation sites (tertiary alicyclic amines) is 1. The largest absolute Gasteiger partial charge is 0.483 e. The van der Waals surface area contributed by atoms with Crippen LogP contribution in [0.25, 0.3) is 11.1 Å². The van der Waals surface area contributed by atoms with Gasteiger partial charge in [0.15, 0.2) is 18.2 Å². The molecule has 4 aromatic rings. The molecule has 3 N–H and O–H groups in total. The second-order valence-electron chi connectivity index (χ2n) is 13.5. The fraction of sp³-hybridized carbons (Fsp3) is 0.324. The molecule has 284 valence electrons. The SMILES string of the molecule is O=C(COc1cccc2c1C(=O)N(C1CCC(=O)NC1=O)C2=O)NCCN1CCC(n2cc(-c3cnc4c(c3)O[C@@H](c3c(Cl)ccc(F)c3Cl)N4)cn2)CC1. The molecule has 0 spiro atoms. The smallest absolute Gasteiger partial charge is 0.266 e. The van der Waals surface area contributed by atoms with Gasteiger partial charge in [-0.15, -0.1) is 0 Å². The number of benzene rings is 2. The molecule has 0 saturated carbocycles. The Labute approximate surface area is 323 Å². The number of fused-ring (bicyclic) bond motifs is 2. The van der Waals surface area contributed by atoms with E-state index in [0.717, 1.165) is 42.0 Å². The zero-order chi connectivity index (χ0) is 38.4. The summed E-state index contributed by atoms with van der Waals surface area (Å²) in [5, 5.41) is 12.9. The summed E-state index contributed by atoms with van der Waals surface area (Å²) in [6.45, 7) is 2.23. The molecule has 0 radical (unpaired) electrons. The van der Waals surface area contributed by atoms with Gasteiger partial charge in [-0.05, 0) is 49.6 Å². The summed E-state index contributed by atoms with van der Waals surface area (Å²) in [6, 6.07) is 8.04. The van der Waals surface area contributed by atoms with Crippen molar-refractivity contribution >= 4 is 58.6 Å². The highest BCUT2D eigenvalue weighted by Crippen LogP contribution is 2.43. The highest BCUT2D eigenvalue weighted by molar-refractivity contribution is 6.36. The van der Waals surface area contributed by atoms with E-state index in [2.05, 4.69) is 30.9 Å². The number of halogens is 3. The molecule has 18 heteroatoms. The van der Waals surface area contributed by atoms with Crippen molar-refractivity contribution in [2.75, 3.05) is 38.1 Å². The number of rotatable bonds is 10. The van der Waals surface area contributed by atoms with Crippen LogP contribution in [0, 0.1) is 5.82 Å². The second kappa shape index (κ2) is 14.9. The first kappa shape index (κ1) is 36.4. The molecule has 15 nitrogen and oxygen atoms in total. The number of piperidine rings is 2. The van der Waals surface area contributed by atoms with Crippen LogP contribution in [-0.4, -0.2) is 92.9 Å². The van der Waals surface area contributed by atoms with Gasteiger partial charge < -0.3 is 25.0 Å². The molecule has 2 atom stereocenters. The van der Waals surface area contributed by atoms with E-state index in [4.69, 9.17) is 32.7 Å². The average molecular weight is 792 g/mol. The van der Waals surface area contributed by atoms with E-state index < -0.39 is 47.6 Å². The van der Waals surface area contributed by atoms with E-state index in [0.29, 0.717) is 30.2 Å². The molecule has 2 aromatic carbocycles. The molecular weight excluding hydrogens is 758 g/mol. The molecule has 4 aliphatic rings. The number of ether oxygens (including phenoxy) is 2. The van der Waals surface area contributed by atoms with Gasteiger partial charge in [0.2, 0.25) is 18.0 Å². The van der Waals surface area contributed by atoms with Crippen LogP contribution in [0.1, 0.15) is 64.2 Å². The van der Waals surface area contributed by atoms with Crippen LogP contribution < -0.4 is 25.4 Å². The normalized spacial score (nSPS) is 19.8. The molecule has 6 heterocycles. The summed E-state index contributed by atoms with van der Waals surface area (Å²) < 4.78 is 27.8. The van der Waals surface area contributed by atoms with Gasteiger partial charge in [-0.25, -0.2) is 9.37 Å². The number of nitrogens with one attached hydrogen (secondary N) is 3. The van der Waals surface area contributed by atoms with Gasteiger partial charge >= 0.3 is 0 Å². The van der Waals surface area contributed by atoms with Crippen LogP contribution in [-0.2, 0) is 14.4 Å². The third-order valence-corrected chi connectivity index (χ3v) is 10.8. The molecule has 5 amide bonds. The van der Waals surface area contributed by atoms with Crippen molar-refractivity contribution in [2.45, 2.75) is 44.0 Å². The molecule has 0 bridgehead atoms. The number of hydrogen-bond acceptors (Lipinski definition) is 11. The van der Waals surface area contributed by atoms with Crippen LogP contribution in [0.5, 0.6) is 11.5 Å².